The highest BCUT2D eigenvalue weighted by atomic mass is 14.9. The largest absolute Gasteiger partial charge is 0.317 e. The maximum Gasteiger partial charge on any atom is 0.00865 e. The summed E-state index contributed by atoms with van der Waals surface area (Å²) in [6.45, 7) is 3.49. The fourth-order valence-electron chi connectivity index (χ4n) is 1.88. The second kappa shape index (κ2) is 7.84. The average molecular weight is 194 g/mol. The maximum atomic E-state index is 5.20. The molecule has 0 aromatic carbocycles. The van der Waals surface area contributed by atoms with Crippen LogP contribution in [0.1, 0.15) is 38.5 Å². The molecule has 0 radical (unpaired) electrons. The maximum absolute atomic E-state index is 5.20. The minimum absolute atomic E-state index is 0.732. The molecule has 2 heteroatoms. The molecule has 1 atom stereocenters. The topological polar surface area (TPSA) is 24.1 Å². The van der Waals surface area contributed by atoms with Gasteiger partial charge in [-0.15, -0.1) is 12.3 Å². The molecule has 1 unspecified atom stereocenters. The Morgan fingerprint density at radius 3 is 3.07 bits per heavy atom. The SMILES string of the molecule is C#CCCCCNC1CCCNCC1. The van der Waals surface area contributed by atoms with Gasteiger partial charge in [0.15, 0.2) is 0 Å². The molecule has 0 aliphatic carbocycles. The molecule has 0 spiro atoms. The van der Waals surface area contributed by atoms with Gasteiger partial charge in [0.25, 0.3) is 0 Å². The van der Waals surface area contributed by atoms with E-state index in [1.165, 1.54) is 38.8 Å². The zero-order valence-electron chi connectivity index (χ0n) is 9.02. The Hall–Kier alpha value is -0.520. The zero-order valence-corrected chi connectivity index (χ0v) is 9.02. The number of terminal acetylenes is 1. The van der Waals surface area contributed by atoms with Crippen LogP contribution in [0.3, 0.4) is 0 Å². The Labute approximate surface area is 87.8 Å². The van der Waals surface area contributed by atoms with E-state index >= 15 is 0 Å². The van der Waals surface area contributed by atoms with E-state index < -0.39 is 0 Å². The second-order valence-electron chi connectivity index (χ2n) is 3.99. The van der Waals surface area contributed by atoms with Crippen molar-refractivity contribution in [2.45, 2.75) is 44.6 Å². The summed E-state index contributed by atoms with van der Waals surface area (Å²) in [6.07, 6.45) is 12.4. The molecule has 1 fully saturated rings. The number of hydrogen-bond donors (Lipinski definition) is 2. The molecule has 2 nitrogen and oxygen atoms in total. The highest BCUT2D eigenvalue weighted by Gasteiger charge is 2.09. The minimum atomic E-state index is 0.732. The van der Waals surface area contributed by atoms with Gasteiger partial charge in [-0.05, 0) is 51.7 Å². The molecule has 14 heavy (non-hydrogen) atoms. The molecule has 0 amide bonds. The van der Waals surface area contributed by atoms with Crippen molar-refractivity contribution in [3.63, 3.8) is 0 Å². The highest BCUT2D eigenvalue weighted by Crippen LogP contribution is 2.05. The van der Waals surface area contributed by atoms with Gasteiger partial charge < -0.3 is 10.6 Å². The van der Waals surface area contributed by atoms with Crippen LogP contribution < -0.4 is 10.6 Å². The summed E-state index contributed by atoms with van der Waals surface area (Å²) in [6, 6.07) is 0.732. The molecule has 0 aromatic heterocycles. The summed E-state index contributed by atoms with van der Waals surface area (Å²) in [7, 11) is 0. The summed E-state index contributed by atoms with van der Waals surface area (Å²) in [4.78, 5) is 0. The predicted molar refractivity (Wildman–Crippen MR) is 61.2 cm³/mol. The zero-order chi connectivity index (χ0) is 10.1. The molecule has 2 N–H and O–H groups in total. The van der Waals surface area contributed by atoms with E-state index in [0.717, 1.165) is 25.4 Å². The second-order valence-corrected chi connectivity index (χ2v) is 3.99. The van der Waals surface area contributed by atoms with E-state index in [1.807, 2.05) is 0 Å². The Bertz CT molecular complexity index is 164. The van der Waals surface area contributed by atoms with Crippen LogP contribution >= 0.6 is 0 Å². The lowest BCUT2D eigenvalue weighted by Crippen LogP contribution is -2.30. The third kappa shape index (κ3) is 5.26. The standard InChI is InChI=1S/C12H22N2/c1-2-3-4-5-10-14-12-7-6-9-13-11-8-12/h1,12-14H,3-11H2. The van der Waals surface area contributed by atoms with Crippen molar-refractivity contribution < 1.29 is 0 Å². The quantitative estimate of drug-likeness (QED) is 0.512. The molecule has 1 rings (SSSR count). The van der Waals surface area contributed by atoms with Gasteiger partial charge in [0, 0.05) is 12.5 Å². The fourth-order valence-corrected chi connectivity index (χ4v) is 1.88. The lowest BCUT2D eigenvalue weighted by Gasteiger charge is -2.15. The number of hydrogen-bond acceptors (Lipinski definition) is 2. The van der Waals surface area contributed by atoms with Gasteiger partial charge in [-0.3, -0.25) is 0 Å². The van der Waals surface area contributed by atoms with Gasteiger partial charge in [0.05, 0.1) is 0 Å². The predicted octanol–water partition coefficient (Wildman–Crippen LogP) is 1.52. The fraction of sp³-hybridized carbons (Fsp3) is 0.833. The summed E-state index contributed by atoms with van der Waals surface area (Å²) >= 11 is 0. The lowest BCUT2D eigenvalue weighted by atomic mass is 10.1. The number of unbranched alkanes of at least 4 members (excludes halogenated alkanes) is 2. The summed E-state index contributed by atoms with van der Waals surface area (Å²) in [5, 5.41) is 7.03. The van der Waals surface area contributed by atoms with Crippen LogP contribution in [-0.4, -0.2) is 25.7 Å². The van der Waals surface area contributed by atoms with Crippen LogP contribution in [0, 0.1) is 12.3 Å². The third-order valence-corrected chi connectivity index (χ3v) is 2.76. The van der Waals surface area contributed by atoms with Gasteiger partial charge in [-0.25, -0.2) is 0 Å². The molecule has 1 heterocycles. The van der Waals surface area contributed by atoms with Crippen molar-refractivity contribution in [3.05, 3.63) is 0 Å². The Kier molecular flexibility index (Phi) is 6.47. The first-order valence-corrected chi connectivity index (χ1v) is 5.81. The van der Waals surface area contributed by atoms with Crippen molar-refractivity contribution >= 4 is 0 Å². The molecule has 1 aliphatic rings. The summed E-state index contributed by atoms with van der Waals surface area (Å²) in [5.41, 5.74) is 0. The minimum Gasteiger partial charge on any atom is -0.317 e. The molecule has 80 valence electrons. The molecule has 0 bridgehead atoms. The highest BCUT2D eigenvalue weighted by molar-refractivity contribution is 4.83. The van der Waals surface area contributed by atoms with Crippen molar-refractivity contribution in [2.24, 2.45) is 0 Å². The van der Waals surface area contributed by atoms with Crippen molar-refractivity contribution in [3.8, 4) is 12.3 Å². The van der Waals surface area contributed by atoms with Gasteiger partial charge in [0.1, 0.15) is 0 Å². The van der Waals surface area contributed by atoms with E-state index in [0.29, 0.717) is 0 Å². The molecule has 0 saturated carbocycles. The van der Waals surface area contributed by atoms with Gasteiger partial charge in [-0.1, -0.05) is 0 Å². The van der Waals surface area contributed by atoms with Crippen LogP contribution in [0.15, 0.2) is 0 Å². The van der Waals surface area contributed by atoms with Crippen LogP contribution in [0.2, 0.25) is 0 Å². The molecular formula is C12H22N2. The third-order valence-electron chi connectivity index (χ3n) is 2.76. The smallest absolute Gasteiger partial charge is 0.00865 e. The van der Waals surface area contributed by atoms with Crippen LogP contribution in [0.4, 0.5) is 0 Å². The molecule has 1 saturated heterocycles. The van der Waals surface area contributed by atoms with E-state index in [4.69, 9.17) is 6.42 Å². The van der Waals surface area contributed by atoms with Crippen LogP contribution in [-0.2, 0) is 0 Å². The normalized spacial score (nSPS) is 22.6. The number of rotatable bonds is 5. The van der Waals surface area contributed by atoms with Gasteiger partial charge >= 0.3 is 0 Å². The van der Waals surface area contributed by atoms with Crippen LogP contribution in [0.25, 0.3) is 0 Å². The van der Waals surface area contributed by atoms with Gasteiger partial charge in [0.2, 0.25) is 0 Å². The van der Waals surface area contributed by atoms with E-state index in [9.17, 15) is 0 Å². The first-order chi connectivity index (χ1) is 6.93. The van der Waals surface area contributed by atoms with E-state index in [2.05, 4.69) is 16.6 Å². The van der Waals surface area contributed by atoms with E-state index in [-0.39, 0.29) is 0 Å². The Balaban J connectivity index is 1.96. The summed E-state index contributed by atoms with van der Waals surface area (Å²) in [5.74, 6) is 2.68. The Morgan fingerprint density at radius 2 is 2.21 bits per heavy atom. The van der Waals surface area contributed by atoms with Crippen LogP contribution in [0.5, 0.6) is 0 Å². The average Bonchev–Trinajstić information content (AvgIpc) is 2.46. The first kappa shape index (κ1) is 11.6. The monoisotopic (exact) mass is 194 g/mol. The first-order valence-electron chi connectivity index (χ1n) is 5.81. The van der Waals surface area contributed by atoms with Gasteiger partial charge in [-0.2, -0.15) is 0 Å². The van der Waals surface area contributed by atoms with Crippen molar-refractivity contribution in [1.29, 1.82) is 0 Å². The molecule has 1 aliphatic heterocycles. The molecular weight excluding hydrogens is 172 g/mol. The Morgan fingerprint density at radius 1 is 1.29 bits per heavy atom. The van der Waals surface area contributed by atoms with Crippen molar-refractivity contribution in [2.75, 3.05) is 19.6 Å². The lowest BCUT2D eigenvalue weighted by molar-refractivity contribution is 0.461. The molecule has 0 aromatic rings. The van der Waals surface area contributed by atoms with Crippen molar-refractivity contribution in [1.82, 2.24) is 10.6 Å². The van der Waals surface area contributed by atoms with E-state index in [1.54, 1.807) is 0 Å². The number of nitrogens with one attached hydrogen (secondary N) is 2. The summed E-state index contributed by atoms with van der Waals surface area (Å²) < 4.78 is 0.